The quantitative estimate of drug-likeness (QED) is 0.829. The molecule has 0 saturated carbocycles. The zero-order chi connectivity index (χ0) is 13.6. The van der Waals surface area contributed by atoms with E-state index in [0.717, 1.165) is 24.3 Å². The minimum atomic E-state index is -0.847. The van der Waals surface area contributed by atoms with Crippen LogP contribution in [0.4, 0.5) is 0 Å². The van der Waals surface area contributed by atoms with Gasteiger partial charge >= 0.3 is 0 Å². The van der Waals surface area contributed by atoms with E-state index in [0.29, 0.717) is 32.7 Å². The molecule has 106 valence electrons. The van der Waals surface area contributed by atoms with Crippen molar-refractivity contribution in [3.8, 4) is 5.75 Å². The Bertz CT molecular complexity index is 383. The lowest BCUT2D eigenvalue weighted by Gasteiger charge is -2.28. The molecule has 1 aliphatic rings. The fourth-order valence-corrected chi connectivity index (χ4v) is 2.42. The maximum atomic E-state index is 10.9. The van der Waals surface area contributed by atoms with E-state index >= 15 is 0 Å². The molecule has 1 unspecified atom stereocenters. The number of aliphatic hydroxyl groups is 1. The SMILES string of the molecule is COCCOc1ccccc1C1(O)CCCOCC1. The Labute approximate surface area is 114 Å². The average Bonchev–Trinajstić information content (AvgIpc) is 2.65. The number of para-hydroxylation sites is 1. The Kier molecular flexibility index (Phi) is 5.19. The zero-order valence-corrected chi connectivity index (χ0v) is 11.4. The molecule has 0 spiro atoms. The second-order valence-corrected chi connectivity index (χ2v) is 4.83. The molecule has 1 saturated heterocycles. The molecule has 0 aromatic heterocycles. The first-order chi connectivity index (χ1) is 9.26. The van der Waals surface area contributed by atoms with Gasteiger partial charge in [0.05, 0.1) is 12.2 Å². The molecule has 0 aliphatic carbocycles. The predicted molar refractivity (Wildman–Crippen MR) is 72.4 cm³/mol. The van der Waals surface area contributed by atoms with Crippen LogP contribution in [0.5, 0.6) is 5.75 Å². The van der Waals surface area contributed by atoms with Crippen LogP contribution in [0.1, 0.15) is 24.8 Å². The molecule has 1 atom stereocenters. The molecule has 19 heavy (non-hydrogen) atoms. The third kappa shape index (κ3) is 3.69. The number of hydrogen-bond acceptors (Lipinski definition) is 4. The zero-order valence-electron chi connectivity index (χ0n) is 11.4. The van der Waals surface area contributed by atoms with Gasteiger partial charge in [0.1, 0.15) is 12.4 Å². The van der Waals surface area contributed by atoms with Gasteiger partial charge in [-0.2, -0.15) is 0 Å². The van der Waals surface area contributed by atoms with Gasteiger partial charge in [-0.05, 0) is 18.9 Å². The molecule has 0 bridgehead atoms. The Hall–Kier alpha value is -1.10. The molecule has 0 amide bonds. The van der Waals surface area contributed by atoms with Gasteiger partial charge in [-0.15, -0.1) is 0 Å². The Morgan fingerprint density at radius 2 is 2.05 bits per heavy atom. The largest absolute Gasteiger partial charge is 0.491 e. The molecule has 1 heterocycles. The summed E-state index contributed by atoms with van der Waals surface area (Å²) in [6.07, 6.45) is 2.18. The highest BCUT2D eigenvalue weighted by Crippen LogP contribution is 2.37. The van der Waals surface area contributed by atoms with Crippen LogP contribution in [0, 0.1) is 0 Å². The first kappa shape index (κ1) is 14.3. The molecule has 4 heteroatoms. The fourth-order valence-electron chi connectivity index (χ4n) is 2.42. The Morgan fingerprint density at radius 1 is 1.21 bits per heavy atom. The minimum Gasteiger partial charge on any atom is -0.491 e. The first-order valence-electron chi connectivity index (χ1n) is 6.78. The molecule has 1 aromatic carbocycles. The van der Waals surface area contributed by atoms with E-state index in [1.165, 1.54) is 0 Å². The average molecular weight is 266 g/mol. The lowest BCUT2D eigenvalue weighted by Crippen LogP contribution is -2.27. The number of rotatable bonds is 5. The Morgan fingerprint density at radius 3 is 2.89 bits per heavy atom. The summed E-state index contributed by atoms with van der Waals surface area (Å²) >= 11 is 0. The van der Waals surface area contributed by atoms with Crippen LogP contribution in [0.15, 0.2) is 24.3 Å². The van der Waals surface area contributed by atoms with E-state index < -0.39 is 5.60 Å². The van der Waals surface area contributed by atoms with E-state index in [1.807, 2.05) is 24.3 Å². The van der Waals surface area contributed by atoms with Gasteiger partial charge in [0.15, 0.2) is 0 Å². The van der Waals surface area contributed by atoms with E-state index in [-0.39, 0.29) is 0 Å². The number of methoxy groups -OCH3 is 1. The highest BCUT2D eigenvalue weighted by atomic mass is 16.5. The molecule has 2 rings (SSSR count). The van der Waals surface area contributed by atoms with Crippen molar-refractivity contribution in [2.45, 2.75) is 24.9 Å². The van der Waals surface area contributed by atoms with Crippen molar-refractivity contribution in [2.75, 3.05) is 33.5 Å². The van der Waals surface area contributed by atoms with E-state index in [1.54, 1.807) is 7.11 Å². The van der Waals surface area contributed by atoms with Crippen molar-refractivity contribution >= 4 is 0 Å². The summed E-state index contributed by atoms with van der Waals surface area (Å²) < 4.78 is 16.1. The van der Waals surface area contributed by atoms with Crippen molar-refractivity contribution in [1.29, 1.82) is 0 Å². The minimum absolute atomic E-state index is 0.486. The fraction of sp³-hybridized carbons (Fsp3) is 0.600. The van der Waals surface area contributed by atoms with Gasteiger partial charge in [-0.3, -0.25) is 0 Å². The highest BCUT2D eigenvalue weighted by molar-refractivity contribution is 5.38. The molecule has 4 nitrogen and oxygen atoms in total. The van der Waals surface area contributed by atoms with Crippen LogP contribution in [-0.2, 0) is 15.1 Å². The summed E-state index contributed by atoms with van der Waals surface area (Å²) in [4.78, 5) is 0. The van der Waals surface area contributed by atoms with Crippen LogP contribution in [-0.4, -0.2) is 38.6 Å². The second-order valence-electron chi connectivity index (χ2n) is 4.83. The van der Waals surface area contributed by atoms with E-state index in [2.05, 4.69) is 0 Å². The lowest BCUT2D eigenvalue weighted by molar-refractivity contribution is 0.0113. The standard InChI is InChI=1S/C15H22O4/c1-17-11-12-19-14-6-3-2-5-13(14)15(16)7-4-9-18-10-8-15/h2-3,5-6,16H,4,7-12H2,1H3. The summed E-state index contributed by atoms with van der Waals surface area (Å²) in [6.45, 7) is 2.33. The van der Waals surface area contributed by atoms with Gasteiger partial charge in [0.25, 0.3) is 0 Å². The lowest BCUT2D eigenvalue weighted by atomic mass is 9.86. The second kappa shape index (κ2) is 6.89. The molecule has 1 aliphatic heterocycles. The van der Waals surface area contributed by atoms with E-state index in [4.69, 9.17) is 14.2 Å². The van der Waals surface area contributed by atoms with Crippen molar-refractivity contribution in [3.63, 3.8) is 0 Å². The smallest absolute Gasteiger partial charge is 0.125 e. The van der Waals surface area contributed by atoms with Crippen molar-refractivity contribution in [3.05, 3.63) is 29.8 Å². The summed E-state index contributed by atoms with van der Waals surface area (Å²) in [6, 6.07) is 7.69. The van der Waals surface area contributed by atoms with Crippen LogP contribution in [0.3, 0.4) is 0 Å². The maximum absolute atomic E-state index is 10.9. The predicted octanol–water partition coefficient (Wildman–Crippen LogP) is 2.10. The molecular formula is C15H22O4. The summed E-state index contributed by atoms with van der Waals surface area (Å²) in [5, 5.41) is 10.9. The number of benzene rings is 1. The third-order valence-corrected chi connectivity index (χ3v) is 3.47. The normalized spacial score (nSPS) is 23.9. The molecule has 0 radical (unpaired) electrons. The van der Waals surface area contributed by atoms with Crippen LogP contribution in [0.2, 0.25) is 0 Å². The summed E-state index contributed by atoms with van der Waals surface area (Å²) in [5.41, 5.74) is 0.0109. The van der Waals surface area contributed by atoms with Gasteiger partial charge in [0.2, 0.25) is 0 Å². The van der Waals surface area contributed by atoms with Gasteiger partial charge < -0.3 is 19.3 Å². The van der Waals surface area contributed by atoms with Gasteiger partial charge in [-0.1, -0.05) is 18.2 Å². The molecule has 1 fully saturated rings. The molecule has 1 N–H and O–H groups in total. The van der Waals surface area contributed by atoms with Crippen LogP contribution >= 0.6 is 0 Å². The van der Waals surface area contributed by atoms with Crippen LogP contribution in [0.25, 0.3) is 0 Å². The van der Waals surface area contributed by atoms with Gasteiger partial charge in [0, 0.05) is 32.3 Å². The van der Waals surface area contributed by atoms with E-state index in [9.17, 15) is 5.11 Å². The summed E-state index contributed by atoms with van der Waals surface area (Å²) in [7, 11) is 1.64. The Balaban J connectivity index is 2.17. The monoisotopic (exact) mass is 266 g/mol. The van der Waals surface area contributed by atoms with Gasteiger partial charge in [-0.25, -0.2) is 0 Å². The molecule has 1 aromatic rings. The van der Waals surface area contributed by atoms with Crippen molar-refractivity contribution < 1.29 is 19.3 Å². The first-order valence-corrected chi connectivity index (χ1v) is 6.78. The van der Waals surface area contributed by atoms with Crippen LogP contribution < -0.4 is 4.74 Å². The number of hydrogen-bond donors (Lipinski definition) is 1. The summed E-state index contributed by atoms with van der Waals surface area (Å²) in [5.74, 6) is 0.740. The van der Waals surface area contributed by atoms with Crippen molar-refractivity contribution in [1.82, 2.24) is 0 Å². The maximum Gasteiger partial charge on any atom is 0.125 e. The van der Waals surface area contributed by atoms with Crippen molar-refractivity contribution in [2.24, 2.45) is 0 Å². The molecular weight excluding hydrogens is 244 g/mol. The topological polar surface area (TPSA) is 47.9 Å². The highest BCUT2D eigenvalue weighted by Gasteiger charge is 2.33. The number of ether oxygens (including phenoxy) is 3. The third-order valence-electron chi connectivity index (χ3n) is 3.47.